The zero-order valence-corrected chi connectivity index (χ0v) is 20.1. The van der Waals surface area contributed by atoms with Gasteiger partial charge in [0.05, 0.1) is 13.2 Å². The standard InChI is InChI=1S/C15H22N2O6P2S3/c1-5-22-25(27,23-6-2)28-14-13(18)17(24(26,20-3)21-4)15(19)16(14)12-10-8-7-9-11-12/h7-11,14H,5-6H2,1-4H3. The van der Waals surface area contributed by atoms with Gasteiger partial charge in [0, 0.05) is 19.9 Å². The molecule has 0 N–H and O–H groups in total. The number of benzene rings is 1. The van der Waals surface area contributed by atoms with Gasteiger partial charge in [-0.15, -0.1) is 0 Å². The highest BCUT2D eigenvalue weighted by molar-refractivity contribution is 8.68. The Kier molecular flexibility index (Phi) is 8.64. The summed E-state index contributed by atoms with van der Waals surface area (Å²) in [6.45, 7) is 0.902. The molecule has 0 aliphatic carbocycles. The Balaban J connectivity index is 2.53. The van der Waals surface area contributed by atoms with Gasteiger partial charge in [0.25, 0.3) is 12.5 Å². The molecule has 1 unspecified atom stereocenters. The maximum absolute atomic E-state index is 13.3. The van der Waals surface area contributed by atoms with Gasteiger partial charge in [0.15, 0.2) is 5.37 Å². The van der Waals surface area contributed by atoms with E-state index < -0.39 is 29.6 Å². The fraction of sp³-hybridized carbons (Fsp3) is 0.467. The fourth-order valence-corrected chi connectivity index (χ4v) is 9.33. The van der Waals surface area contributed by atoms with Gasteiger partial charge in [-0.3, -0.25) is 9.69 Å². The minimum Gasteiger partial charge on any atom is -0.322 e. The van der Waals surface area contributed by atoms with Crippen LogP contribution in [0.4, 0.5) is 10.5 Å². The molecular weight excluding hydrogens is 462 g/mol. The van der Waals surface area contributed by atoms with Gasteiger partial charge in [-0.05, 0) is 61.0 Å². The Labute approximate surface area is 179 Å². The minimum atomic E-state index is -3.32. The molecule has 0 saturated carbocycles. The predicted molar refractivity (Wildman–Crippen MR) is 118 cm³/mol. The van der Waals surface area contributed by atoms with Crippen LogP contribution in [0.25, 0.3) is 0 Å². The van der Waals surface area contributed by atoms with E-state index in [4.69, 9.17) is 41.7 Å². The van der Waals surface area contributed by atoms with Crippen LogP contribution < -0.4 is 4.90 Å². The molecule has 1 heterocycles. The van der Waals surface area contributed by atoms with Gasteiger partial charge in [-0.25, -0.2) is 4.79 Å². The summed E-state index contributed by atoms with van der Waals surface area (Å²) < 4.78 is 22.7. The molecule has 1 aliphatic heterocycles. The first-order valence-electron chi connectivity index (χ1n) is 8.28. The molecule has 28 heavy (non-hydrogen) atoms. The number of hydrogen-bond donors (Lipinski definition) is 0. The molecule has 0 spiro atoms. The molecule has 2 rings (SSSR count). The Morgan fingerprint density at radius 3 is 2.04 bits per heavy atom. The molecule has 1 aliphatic rings. The van der Waals surface area contributed by atoms with E-state index in [1.54, 1.807) is 38.1 Å². The Bertz CT molecular complexity index is 794. The highest BCUT2D eigenvalue weighted by Crippen LogP contribution is 2.65. The van der Waals surface area contributed by atoms with Crippen molar-refractivity contribution in [1.82, 2.24) is 4.67 Å². The summed E-state index contributed by atoms with van der Waals surface area (Å²) in [5.41, 5.74) is -2.36. The number of urea groups is 1. The van der Waals surface area contributed by atoms with Gasteiger partial charge >= 0.3 is 6.03 Å². The van der Waals surface area contributed by atoms with Crippen LogP contribution >= 0.6 is 23.7 Å². The number of rotatable bonds is 10. The van der Waals surface area contributed by atoms with Crippen LogP contribution in [0.3, 0.4) is 0 Å². The second-order valence-corrected chi connectivity index (χ2v) is 14.9. The van der Waals surface area contributed by atoms with E-state index in [0.717, 1.165) is 16.1 Å². The van der Waals surface area contributed by atoms with Gasteiger partial charge < -0.3 is 18.1 Å². The van der Waals surface area contributed by atoms with Crippen molar-refractivity contribution in [3.8, 4) is 0 Å². The Morgan fingerprint density at radius 1 is 1.04 bits per heavy atom. The van der Waals surface area contributed by atoms with Crippen molar-refractivity contribution < 1.29 is 27.7 Å². The zero-order chi connectivity index (χ0) is 20.9. The molecule has 1 aromatic rings. The SMILES string of the molecule is CCOP(=S)(OCC)SC1C(=O)N(P(=S)(OC)OC)C(=O)N1c1ccccc1. The van der Waals surface area contributed by atoms with Crippen molar-refractivity contribution in [1.29, 1.82) is 0 Å². The van der Waals surface area contributed by atoms with E-state index in [1.807, 2.05) is 6.07 Å². The third-order valence-electron chi connectivity index (χ3n) is 3.59. The third-order valence-corrected chi connectivity index (χ3v) is 12.2. The van der Waals surface area contributed by atoms with Crippen molar-refractivity contribution in [3.63, 3.8) is 0 Å². The lowest BCUT2D eigenvalue weighted by Gasteiger charge is -2.26. The topological polar surface area (TPSA) is 77.5 Å². The second-order valence-electron chi connectivity index (χ2n) is 5.21. The average Bonchev–Trinajstić information content (AvgIpc) is 2.92. The Morgan fingerprint density at radius 2 is 1.57 bits per heavy atom. The van der Waals surface area contributed by atoms with Crippen LogP contribution in [0, 0.1) is 0 Å². The lowest BCUT2D eigenvalue weighted by Crippen LogP contribution is -2.33. The molecule has 13 heteroatoms. The lowest BCUT2D eigenvalue weighted by atomic mass is 10.3. The van der Waals surface area contributed by atoms with Crippen molar-refractivity contribution in [2.45, 2.75) is 19.2 Å². The number of imide groups is 1. The second kappa shape index (κ2) is 10.1. The first-order chi connectivity index (χ1) is 13.3. The Hall–Kier alpha value is -0.350. The summed E-state index contributed by atoms with van der Waals surface area (Å²) in [6, 6.07) is 8.15. The maximum Gasteiger partial charge on any atom is 0.340 e. The van der Waals surface area contributed by atoms with Gasteiger partial charge in [0.2, 0.25) is 5.69 Å². The van der Waals surface area contributed by atoms with Crippen molar-refractivity contribution in [2.24, 2.45) is 0 Å². The van der Waals surface area contributed by atoms with Gasteiger partial charge in [-0.1, -0.05) is 18.2 Å². The van der Waals surface area contributed by atoms with Gasteiger partial charge in [0.1, 0.15) is 0 Å². The zero-order valence-electron chi connectivity index (χ0n) is 15.8. The molecule has 0 radical (unpaired) electrons. The number of para-hydroxylation sites is 1. The smallest absolute Gasteiger partial charge is 0.322 e. The first-order valence-corrected chi connectivity index (χ1v) is 15.0. The molecule has 1 saturated heterocycles. The lowest BCUT2D eigenvalue weighted by molar-refractivity contribution is -0.122. The maximum atomic E-state index is 13.3. The van der Waals surface area contributed by atoms with Crippen LogP contribution in [0.5, 0.6) is 0 Å². The average molecular weight is 484 g/mol. The van der Waals surface area contributed by atoms with Crippen molar-refractivity contribution in [2.75, 3.05) is 32.3 Å². The van der Waals surface area contributed by atoms with E-state index in [-0.39, 0.29) is 0 Å². The van der Waals surface area contributed by atoms with Crippen molar-refractivity contribution >= 4 is 65.0 Å². The van der Waals surface area contributed by atoms with Crippen LogP contribution in [0.1, 0.15) is 13.8 Å². The highest BCUT2D eigenvalue weighted by atomic mass is 32.9. The molecular formula is C15H22N2O6P2S3. The normalized spacial score (nSPS) is 18.2. The summed E-state index contributed by atoms with van der Waals surface area (Å²) in [5, 5.41) is -1.01. The van der Waals surface area contributed by atoms with E-state index in [0.29, 0.717) is 18.9 Å². The monoisotopic (exact) mass is 484 g/mol. The number of amides is 3. The number of hydrogen-bond acceptors (Lipinski definition) is 9. The number of carbonyl (C=O) groups is 2. The summed E-state index contributed by atoms with van der Waals surface area (Å²) in [6.07, 6.45) is 0. The largest absolute Gasteiger partial charge is 0.340 e. The van der Waals surface area contributed by atoms with Gasteiger partial charge in [-0.2, -0.15) is 4.67 Å². The summed E-state index contributed by atoms with van der Waals surface area (Å²) in [7, 11) is 2.62. The number of anilines is 1. The van der Waals surface area contributed by atoms with E-state index in [1.165, 1.54) is 19.1 Å². The third kappa shape index (κ3) is 4.86. The fourth-order valence-electron chi connectivity index (χ4n) is 2.44. The molecule has 8 nitrogen and oxygen atoms in total. The number of carbonyl (C=O) groups excluding carboxylic acids is 2. The van der Waals surface area contributed by atoms with Crippen molar-refractivity contribution in [3.05, 3.63) is 30.3 Å². The summed E-state index contributed by atoms with van der Waals surface area (Å²) in [4.78, 5) is 27.8. The predicted octanol–water partition coefficient (Wildman–Crippen LogP) is 4.33. The molecule has 1 fully saturated rings. The molecule has 1 aromatic carbocycles. The molecule has 0 aromatic heterocycles. The highest BCUT2D eigenvalue weighted by Gasteiger charge is 2.54. The quantitative estimate of drug-likeness (QED) is 0.356. The molecule has 156 valence electrons. The van der Waals surface area contributed by atoms with Crippen LogP contribution in [0.2, 0.25) is 0 Å². The summed E-state index contributed by atoms with van der Waals surface area (Å²) >= 11 is 11.9. The first kappa shape index (κ1) is 23.9. The summed E-state index contributed by atoms with van der Waals surface area (Å²) in [5.74, 6) is -0.570. The van der Waals surface area contributed by atoms with E-state index >= 15 is 0 Å². The van der Waals surface area contributed by atoms with E-state index in [9.17, 15) is 9.59 Å². The molecule has 1 atom stereocenters. The van der Waals surface area contributed by atoms with Crippen LogP contribution in [-0.2, 0) is 46.5 Å². The van der Waals surface area contributed by atoms with Crippen LogP contribution in [-0.4, -0.2) is 49.4 Å². The molecule has 0 bridgehead atoms. The number of nitrogens with zero attached hydrogens (tertiary/aromatic N) is 2. The molecule has 3 amide bonds. The van der Waals surface area contributed by atoms with E-state index in [2.05, 4.69) is 0 Å². The van der Waals surface area contributed by atoms with Crippen LogP contribution in [0.15, 0.2) is 30.3 Å². The minimum absolute atomic E-state index is 0.322.